The minimum absolute atomic E-state index is 0. The molecule has 1 heterocycles. The lowest BCUT2D eigenvalue weighted by atomic mass is 10.2. The van der Waals surface area contributed by atoms with Crippen molar-refractivity contribution in [1.82, 2.24) is 9.55 Å². The Morgan fingerprint density at radius 1 is 1.33 bits per heavy atom. The molecule has 0 aliphatic carbocycles. The number of aldehydes is 1. The molecule has 0 aliphatic rings. The number of carbonyl (C=O) groups excluding carboxylic acids is 1. The predicted octanol–water partition coefficient (Wildman–Crippen LogP) is 2.59. The van der Waals surface area contributed by atoms with Crippen LogP contribution in [0, 0.1) is 0 Å². The summed E-state index contributed by atoms with van der Waals surface area (Å²) in [6.45, 7) is 1.45. The Labute approximate surface area is 112 Å². The van der Waals surface area contributed by atoms with Crippen molar-refractivity contribution in [3.05, 3.63) is 48.5 Å². The van der Waals surface area contributed by atoms with E-state index >= 15 is 0 Å². The molecule has 0 bridgehead atoms. The number of aromatic nitrogens is 2. The van der Waals surface area contributed by atoms with Crippen LogP contribution in [0.15, 0.2) is 43.0 Å². The van der Waals surface area contributed by atoms with Crippen molar-refractivity contribution < 1.29 is 9.53 Å². The molecule has 1 aromatic heterocycles. The molecule has 0 aliphatic heterocycles. The standard InChI is InChI=1S/C13H14N2O2.ClH/c16-10-12-4-1-2-5-13(12)17-9-3-7-15-8-6-14-11-15;/h1-2,4-6,8,10-11H,3,7,9H2;1H. The van der Waals surface area contributed by atoms with Gasteiger partial charge in [0, 0.05) is 18.9 Å². The Bertz CT molecular complexity index is 472. The number of imidazole rings is 1. The van der Waals surface area contributed by atoms with Crippen molar-refractivity contribution in [3.8, 4) is 5.75 Å². The van der Waals surface area contributed by atoms with Crippen molar-refractivity contribution in [2.24, 2.45) is 0 Å². The fourth-order valence-corrected chi connectivity index (χ4v) is 1.56. The molecule has 2 aromatic rings. The van der Waals surface area contributed by atoms with Gasteiger partial charge in [-0.2, -0.15) is 0 Å². The molecular weight excluding hydrogens is 252 g/mol. The van der Waals surface area contributed by atoms with Crippen molar-refractivity contribution >= 4 is 18.7 Å². The molecular formula is C13H15ClN2O2. The van der Waals surface area contributed by atoms with E-state index in [0.29, 0.717) is 17.9 Å². The summed E-state index contributed by atoms with van der Waals surface area (Å²) >= 11 is 0. The second-order valence-corrected chi connectivity index (χ2v) is 3.66. The summed E-state index contributed by atoms with van der Waals surface area (Å²) in [6, 6.07) is 7.24. The van der Waals surface area contributed by atoms with E-state index in [1.54, 1.807) is 24.7 Å². The van der Waals surface area contributed by atoms with Crippen LogP contribution in [-0.2, 0) is 6.54 Å². The monoisotopic (exact) mass is 266 g/mol. The summed E-state index contributed by atoms with van der Waals surface area (Å²) < 4.78 is 7.56. The molecule has 4 nitrogen and oxygen atoms in total. The van der Waals surface area contributed by atoms with E-state index in [0.717, 1.165) is 19.3 Å². The fraction of sp³-hybridized carbons (Fsp3) is 0.231. The Kier molecular flexibility index (Phi) is 5.94. The maximum Gasteiger partial charge on any atom is 0.153 e. The lowest BCUT2D eigenvalue weighted by Gasteiger charge is -2.08. The topological polar surface area (TPSA) is 44.1 Å². The smallest absolute Gasteiger partial charge is 0.153 e. The molecule has 0 N–H and O–H groups in total. The van der Waals surface area contributed by atoms with Gasteiger partial charge in [-0.1, -0.05) is 12.1 Å². The van der Waals surface area contributed by atoms with Crippen LogP contribution in [0.5, 0.6) is 5.75 Å². The summed E-state index contributed by atoms with van der Waals surface area (Å²) in [7, 11) is 0. The van der Waals surface area contributed by atoms with Gasteiger partial charge in [-0.3, -0.25) is 4.79 Å². The lowest BCUT2D eigenvalue weighted by Crippen LogP contribution is -2.04. The van der Waals surface area contributed by atoms with Crippen molar-refractivity contribution in [2.75, 3.05) is 6.61 Å². The highest BCUT2D eigenvalue weighted by Gasteiger charge is 2.00. The van der Waals surface area contributed by atoms with Crippen LogP contribution in [0.1, 0.15) is 16.8 Å². The predicted molar refractivity (Wildman–Crippen MR) is 71.4 cm³/mol. The van der Waals surface area contributed by atoms with Crippen molar-refractivity contribution in [3.63, 3.8) is 0 Å². The lowest BCUT2D eigenvalue weighted by molar-refractivity contribution is 0.111. The van der Waals surface area contributed by atoms with E-state index in [4.69, 9.17) is 4.74 Å². The van der Waals surface area contributed by atoms with Crippen LogP contribution in [0.4, 0.5) is 0 Å². The molecule has 5 heteroatoms. The highest BCUT2D eigenvalue weighted by Crippen LogP contribution is 2.15. The largest absolute Gasteiger partial charge is 0.493 e. The van der Waals surface area contributed by atoms with Crippen LogP contribution in [-0.4, -0.2) is 22.4 Å². The van der Waals surface area contributed by atoms with E-state index in [1.807, 2.05) is 22.9 Å². The summed E-state index contributed by atoms with van der Waals surface area (Å²) in [6.07, 6.45) is 7.13. The van der Waals surface area contributed by atoms with Gasteiger partial charge in [0.15, 0.2) is 6.29 Å². The second kappa shape index (κ2) is 7.50. The molecule has 1 aromatic carbocycles. The van der Waals surface area contributed by atoms with Gasteiger partial charge in [-0.25, -0.2) is 4.98 Å². The number of nitrogens with zero attached hydrogens (tertiary/aromatic N) is 2. The van der Waals surface area contributed by atoms with Crippen LogP contribution >= 0.6 is 12.4 Å². The summed E-state index contributed by atoms with van der Waals surface area (Å²) in [5.74, 6) is 0.646. The van der Waals surface area contributed by atoms with Gasteiger partial charge < -0.3 is 9.30 Å². The normalized spacial score (nSPS) is 9.56. The average Bonchev–Trinajstić information content (AvgIpc) is 2.88. The Balaban J connectivity index is 0.00000162. The number of hydrogen-bond acceptors (Lipinski definition) is 3. The van der Waals surface area contributed by atoms with E-state index in [-0.39, 0.29) is 12.4 Å². The fourth-order valence-electron chi connectivity index (χ4n) is 1.56. The molecule has 0 unspecified atom stereocenters. The molecule has 0 atom stereocenters. The first-order valence-electron chi connectivity index (χ1n) is 5.53. The van der Waals surface area contributed by atoms with Gasteiger partial charge in [0.25, 0.3) is 0 Å². The second-order valence-electron chi connectivity index (χ2n) is 3.66. The number of para-hydroxylation sites is 1. The zero-order valence-electron chi connectivity index (χ0n) is 9.86. The van der Waals surface area contributed by atoms with Gasteiger partial charge >= 0.3 is 0 Å². The molecule has 18 heavy (non-hydrogen) atoms. The SMILES string of the molecule is Cl.O=Cc1ccccc1OCCCn1ccnc1. The molecule has 96 valence electrons. The molecule has 0 saturated heterocycles. The van der Waals surface area contributed by atoms with E-state index in [1.165, 1.54) is 0 Å². The zero-order valence-corrected chi connectivity index (χ0v) is 10.7. The quantitative estimate of drug-likeness (QED) is 0.596. The zero-order chi connectivity index (χ0) is 11.9. The minimum atomic E-state index is 0. The maximum atomic E-state index is 10.8. The molecule has 0 spiro atoms. The van der Waals surface area contributed by atoms with Crippen molar-refractivity contribution in [2.45, 2.75) is 13.0 Å². The minimum Gasteiger partial charge on any atom is -0.493 e. The number of rotatable bonds is 6. The Morgan fingerprint density at radius 2 is 2.17 bits per heavy atom. The van der Waals surface area contributed by atoms with Gasteiger partial charge in [-0.15, -0.1) is 12.4 Å². The molecule has 2 rings (SSSR count). The summed E-state index contributed by atoms with van der Waals surface area (Å²) in [4.78, 5) is 14.7. The van der Waals surface area contributed by atoms with Crippen LogP contribution in [0.3, 0.4) is 0 Å². The molecule has 0 saturated carbocycles. The third-order valence-electron chi connectivity index (χ3n) is 2.42. The first kappa shape index (κ1) is 14.3. The summed E-state index contributed by atoms with van der Waals surface area (Å²) in [5.41, 5.74) is 0.593. The highest BCUT2D eigenvalue weighted by molar-refractivity contribution is 5.85. The van der Waals surface area contributed by atoms with Gasteiger partial charge in [0.1, 0.15) is 5.75 Å². The molecule has 0 fully saturated rings. The number of halogens is 1. The highest BCUT2D eigenvalue weighted by atomic mass is 35.5. The van der Waals surface area contributed by atoms with Gasteiger partial charge in [-0.05, 0) is 18.6 Å². The number of aryl methyl sites for hydroxylation is 1. The van der Waals surface area contributed by atoms with Crippen LogP contribution < -0.4 is 4.74 Å². The summed E-state index contributed by atoms with van der Waals surface area (Å²) in [5, 5.41) is 0. The van der Waals surface area contributed by atoms with Crippen LogP contribution in [0.2, 0.25) is 0 Å². The first-order chi connectivity index (χ1) is 8.40. The van der Waals surface area contributed by atoms with E-state index in [2.05, 4.69) is 4.98 Å². The third-order valence-corrected chi connectivity index (χ3v) is 2.42. The Morgan fingerprint density at radius 3 is 2.89 bits per heavy atom. The van der Waals surface area contributed by atoms with Crippen molar-refractivity contribution in [1.29, 1.82) is 0 Å². The Hall–Kier alpha value is -1.81. The number of benzene rings is 1. The third kappa shape index (κ3) is 3.89. The van der Waals surface area contributed by atoms with Crippen LogP contribution in [0.25, 0.3) is 0 Å². The van der Waals surface area contributed by atoms with E-state index in [9.17, 15) is 4.79 Å². The first-order valence-corrected chi connectivity index (χ1v) is 5.53. The van der Waals surface area contributed by atoms with Gasteiger partial charge in [0.2, 0.25) is 0 Å². The van der Waals surface area contributed by atoms with Gasteiger partial charge in [0.05, 0.1) is 18.5 Å². The van der Waals surface area contributed by atoms with E-state index < -0.39 is 0 Å². The molecule has 0 amide bonds. The number of hydrogen-bond donors (Lipinski definition) is 0. The average molecular weight is 267 g/mol. The number of ether oxygens (including phenoxy) is 1. The maximum absolute atomic E-state index is 10.8. The molecule has 0 radical (unpaired) electrons. The number of carbonyl (C=O) groups is 1.